The Labute approximate surface area is 212 Å². The second kappa shape index (κ2) is 9.44. The van der Waals surface area contributed by atoms with Crippen LogP contribution in [0.4, 0.5) is 5.69 Å². The number of hydrogen-bond donors (Lipinski definition) is 3. The SMILES string of the molecule is Cc1cncc(NC(=S)NC2CCc3c2cc(S(=O)(=O)NCC(C)C)c2cc(C4CC4)ncc32)c1. The molecule has 0 bridgehead atoms. The summed E-state index contributed by atoms with van der Waals surface area (Å²) < 4.78 is 29.7. The first-order valence-corrected chi connectivity index (χ1v) is 14.0. The van der Waals surface area contributed by atoms with E-state index in [9.17, 15) is 8.42 Å². The number of aryl methyl sites for hydroxylation is 2. The van der Waals surface area contributed by atoms with Crippen LogP contribution in [0.15, 0.2) is 41.7 Å². The molecule has 1 atom stereocenters. The maximum atomic E-state index is 13.5. The molecule has 0 saturated heterocycles. The van der Waals surface area contributed by atoms with Gasteiger partial charge in [-0.25, -0.2) is 13.1 Å². The number of aromatic nitrogens is 2. The molecule has 1 saturated carbocycles. The van der Waals surface area contributed by atoms with Crippen molar-refractivity contribution in [3.8, 4) is 0 Å². The molecule has 35 heavy (non-hydrogen) atoms. The molecule has 5 rings (SSSR count). The molecule has 1 fully saturated rings. The Morgan fingerprint density at radius 1 is 1.11 bits per heavy atom. The number of anilines is 1. The summed E-state index contributed by atoms with van der Waals surface area (Å²) in [6.45, 7) is 6.36. The summed E-state index contributed by atoms with van der Waals surface area (Å²) in [5, 5.41) is 8.76. The van der Waals surface area contributed by atoms with Crippen LogP contribution >= 0.6 is 12.2 Å². The van der Waals surface area contributed by atoms with Gasteiger partial charge in [-0.3, -0.25) is 9.97 Å². The molecule has 2 heterocycles. The minimum Gasteiger partial charge on any atom is -0.356 e. The van der Waals surface area contributed by atoms with Crippen molar-refractivity contribution in [3.63, 3.8) is 0 Å². The lowest BCUT2D eigenvalue weighted by atomic mass is 10.0. The van der Waals surface area contributed by atoms with Gasteiger partial charge in [0.2, 0.25) is 10.0 Å². The zero-order chi connectivity index (χ0) is 24.7. The molecule has 0 radical (unpaired) electrons. The van der Waals surface area contributed by atoms with Crippen molar-refractivity contribution >= 4 is 43.8 Å². The van der Waals surface area contributed by atoms with E-state index >= 15 is 0 Å². The van der Waals surface area contributed by atoms with Crippen LogP contribution in [0.25, 0.3) is 10.8 Å². The summed E-state index contributed by atoms with van der Waals surface area (Å²) in [5.74, 6) is 0.656. The molecule has 3 aromatic rings. The third-order valence-electron chi connectivity index (χ3n) is 6.61. The zero-order valence-corrected chi connectivity index (χ0v) is 21.9. The topological polar surface area (TPSA) is 96.0 Å². The summed E-state index contributed by atoms with van der Waals surface area (Å²) in [5.41, 5.74) is 4.96. The number of pyridine rings is 2. The number of benzene rings is 1. The fourth-order valence-corrected chi connectivity index (χ4v) is 6.40. The molecular weight excluding hydrogens is 478 g/mol. The average molecular weight is 510 g/mol. The summed E-state index contributed by atoms with van der Waals surface area (Å²) in [6, 6.07) is 5.73. The fourth-order valence-electron chi connectivity index (χ4n) is 4.69. The smallest absolute Gasteiger partial charge is 0.241 e. The molecular formula is C26H31N5O2S2. The van der Waals surface area contributed by atoms with Crippen LogP contribution in [0, 0.1) is 12.8 Å². The van der Waals surface area contributed by atoms with Crippen LogP contribution in [0.5, 0.6) is 0 Å². The number of hydrogen-bond acceptors (Lipinski definition) is 5. The lowest BCUT2D eigenvalue weighted by molar-refractivity contribution is 0.560. The molecule has 1 unspecified atom stereocenters. The van der Waals surface area contributed by atoms with Gasteiger partial charge in [0, 0.05) is 41.3 Å². The van der Waals surface area contributed by atoms with Crippen LogP contribution in [-0.2, 0) is 16.4 Å². The molecule has 0 spiro atoms. The van der Waals surface area contributed by atoms with Crippen molar-refractivity contribution in [1.82, 2.24) is 20.0 Å². The molecule has 184 valence electrons. The van der Waals surface area contributed by atoms with E-state index in [4.69, 9.17) is 17.2 Å². The first kappa shape index (κ1) is 24.1. The number of sulfonamides is 1. The maximum absolute atomic E-state index is 13.5. The highest BCUT2D eigenvalue weighted by molar-refractivity contribution is 7.89. The van der Waals surface area contributed by atoms with Gasteiger partial charge in [0.15, 0.2) is 5.11 Å². The Balaban J connectivity index is 1.51. The van der Waals surface area contributed by atoms with Crippen LogP contribution in [0.2, 0.25) is 0 Å². The van der Waals surface area contributed by atoms with E-state index in [2.05, 4.69) is 20.3 Å². The monoisotopic (exact) mass is 509 g/mol. The van der Waals surface area contributed by atoms with E-state index in [0.717, 1.165) is 64.5 Å². The van der Waals surface area contributed by atoms with Crippen molar-refractivity contribution in [2.24, 2.45) is 5.92 Å². The maximum Gasteiger partial charge on any atom is 0.241 e. The summed E-state index contributed by atoms with van der Waals surface area (Å²) >= 11 is 5.58. The molecule has 2 aromatic heterocycles. The van der Waals surface area contributed by atoms with Crippen LogP contribution in [-0.4, -0.2) is 30.0 Å². The highest BCUT2D eigenvalue weighted by atomic mass is 32.2. The molecule has 0 amide bonds. The predicted molar refractivity (Wildman–Crippen MR) is 143 cm³/mol. The number of nitrogens with one attached hydrogen (secondary N) is 3. The highest BCUT2D eigenvalue weighted by Gasteiger charge is 2.31. The molecule has 7 nitrogen and oxygen atoms in total. The van der Waals surface area contributed by atoms with Crippen LogP contribution < -0.4 is 15.4 Å². The molecule has 3 N–H and O–H groups in total. The van der Waals surface area contributed by atoms with Crippen molar-refractivity contribution in [2.45, 2.75) is 63.3 Å². The zero-order valence-electron chi connectivity index (χ0n) is 20.3. The number of nitrogens with zero attached hydrogens (tertiary/aromatic N) is 2. The van der Waals surface area contributed by atoms with Gasteiger partial charge in [0.25, 0.3) is 0 Å². The van der Waals surface area contributed by atoms with Crippen LogP contribution in [0.1, 0.15) is 67.5 Å². The van der Waals surface area contributed by atoms with Gasteiger partial charge in [-0.15, -0.1) is 0 Å². The minimum atomic E-state index is -3.69. The van der Waals surface area contributed by atoms with Crippen molar-refractivity contribution in [2.75, 3.05) is 11.9 Å². The third kappa shape index (κ3) is 5.17. The lowest BCUT2D eigenvalue weighted by Crippen LogP contribution is -2.31. The second-order valence-corrected chi connectivity index (χ2v) is 12.2. The van der Waals surface area contributed by atoms with Gasteiger partial charge in [0.05, 0.1) is 22.8 Å². The molecule has 9 heteroatoms. The quantitative estimate of drug-likeness (QED) is 0.397. The number of rotatable bonds is 7. The average Bonchev–Trinajstić information content (AvgIpc) is 3.58. The third-order valence-corrected chi connectivity index (χ3v) is 8.30. The van der Waals surface area contributed by atoms with Gasteiger partial charge in [-0.05, 0) is 85.6 Å². The van der Waals surface area contributed by atoms with E-state index in [0.29, 0.717) is 22.5 Å². The molecule has 2 aliphatic rings. The number of thiocarbonyl (C=S) groups is 1. The Morgan fingerprint density at radius 2 is 1.91 bits per heavy atom. The largest absolute Gasteiger partial charge is 0.356 e. The van der Waals surface area contributed by atoms with Crippen molar-refractivity contribution in [1.29, 1.82) is 0 Å². The van der Waals surface area contributed by atoms with E-state index in [1.54, 1.807) is 12.4 Å². The Hall–Kier alpha value is -2.62. The Kier molecular flexibility index (Phi) is 6.50. The van der Waals surface area contributed by atoms with Crippen molar-refractivity contribution in [3.05, 3.63) is 59.2 Å². The predicted octanol–water partition coefficient (Wildman–Crippen LogP) is 4.72. The van der Waals surface area contributed by atoms with E-state index in [-0.39, 0.29) is 12.0 Å². The van der Waals surface area contributed by atoms with Gasteiger partial charge in [-0.2, -0.15) is 0 Å². The Morgan fingerprint density at radius 3 is 2.63 bits per heavy atom. The lowest BCUT2D eigenvalue weighted by Gasteiger charge is -2.20. The Bertz CT molecular complexity index is 1400. The molecule has 2 aliphatic carbocycles. The minimum absolute atomic E-state index is 0.0886. The normalized spacial score (nSPS) is 17.5. The van der Waals surface area contributed by atoms with E-state index in [1.165, 1.54) is 0 Å². The standard InChI is InChI=1S/C26H31N5O2S2/c1-15(2)11-29-35(32,33)25-10-20-19(22-14-28-24(9-21(22)25)17-4-5-17)6-7-23(20)31-26(34)30-18-8-16(3)12-27-13-18/h8-10,12-15,17,23,29H,4-7,11H2,1-3H3,(H2,30,31,34). The summed E-state index contributed by atoms with van der Waals surface area (Å²) in [4.78, 5) is 9.24. The van der Waals surface area contributed by atoms with Crippen molar-refractivity contribution < 1.29 is 8.42 Å². The van der Waals surface area contributed by atoms with Gasteiger partial charge < -0.3 is 10.6 Å². The van der Waals surface area contributed by atoms with Gasteiger partial charge in [0.1, 0.15) is 0 Å². The second-order valence-electron chi connectivity index (χ2n) is 10.1. The summed E-state index contributed by atoms with van der Waals surface area (Å²) in [7, 11) is -3.69. The van der Waals surface area contributed by atoms with Gasteiger partial charge >= 0.3 is 0 Å². The van der Waals surface area contributed by atoms with E-state index in [1.807, 2.05) is 45.2 Å². The summed E-state index contributed by atoms with van der Waals surface area (Å²) in [6.07, 6.45) is 9.28. The van der Waals surface area contributed by atoms with Gasteiger partial charge in [-0.1, -0.05) is 13.8 Å². The first-order valence-electron chi connectivity index (χ1n) is 12.2. The highest BCUT2D eigenvalue weighted by Crippen LogP contribution is 2.43. The number of fused-ring (bicyclic) bond motifs is 3. The molecule has 0 aliphatic heterocycles. The molecule has 1 aromatic carbocycles. The first-order chi connectivity index (χ1) is 16.7. The van der Waals surface area contributed by atoms with Crippen LogP contribution in [0.3, 0.4) is 0 Å². The van der Waals surface area contributed by atoms with E-state index < -0.39 is 10.0 Å². The fraction of sp³-hybridized carbons (Fsp3) is 0.423.